The van der Waals surface area contributed by atoms with Crippen molar-refractivity contribution in [3.05, 3.63) is 73.1 Å². The van der Waals surface area contributed by atoms with E-state index in [0.717, 1.165) is 22.4 Å². The lowest BCUT2D eigenvalue weighted by atomic mass is 10.3. The lowest BCUT2D eigenvalue weighted by Gasteiger charge is -2.20. The first-order chi connectivity index (χ1) is 12.2. The second-order valence-corrected chi connectivity index (χ2v) is 6.91. The SMILES string of the molecule is CC(Oc1ccc(Oc2ccccc2)cc1)C(C)Sc1ncccn1. The molecule has 25 heavy (non-hydrogen) atoms. The average molecular weight is 352 g/mol. The molecule has 0 aliphatic rings. The first kappa shape index (κ1) is 17.3. The molecule has 0 aliphatic heterocycles. The molecule has 2 atom stereocenters. The average Bonchev–Trinajstić information content (AvgIpc) is 2.65. The number of para-hydroxylation sites is 1. The largest absolute Gasteiger partial charge is 0.490 e. The lowest BCUT2D eigenvalue weighted by molar-refractivity contribution is 0.222. The van der Waals surface area contributed by atoms with Gasteiger partial charge in [0.2, 0.25) is 0 Å². The van der Waals surface area contributed by atoms with Crippen molar-refractivity contribution in [3.8, 4) is 17.2 Å². The molecule has 4 nitrogen and oxygen atoms in total. The Labute approximate surface area is 152 Å². The molecule has 3 aromatic rings. The number of nitrogens with zero attached hydrogens (tertiary/aromatic N) is 2. The number of rotatable bonds is 7. The van der Waals surface area contributed by atoms with Gasteiger partial charge in [0, 0.05) is 17.6 Å². The molecule has 128 valence electrons. The van der Waals surface area contributed by atoms with Crippen LogP contribution in [0.15, 0.2) is 78.2 Å². The highest BCUT2D eigenvalue weighted by atomic mass is 32.2. The number of thioether (sulfide) groups is 1. The number of aromatic nitrogens is 2. The third-order valence-electron chi connectivity index (χ3n) is 3.62. The quantitative estimate of drug-likeness (QED) is 0.431. The molecule has 0 spiro atoms. The van der Waals surface area contributed by atoms with E-state index in [2.05, 4.69) is 23.8 Å². The van der Waals surface area contributed by atoms with E-state index in [1.807, 2.05) is 60.7 Å². The Morgan fingerprint density at radius 2 is 1.36 bits per heavy atom. The number of ether oxygens (including phenoxy) is 2. The number of hydrogen-bond donors (Lipinski definition) is 0. The molecule has 1 heterocycles. The van der Waals surface area contributed by atoms with Gasteiger partial charge in [0.05, 0.1) is 0 Å². The molecule has 0 radical (unpaired) electrons. The number of hydrogen-bond acceptors (Lipinski definition) is 5. The standard InChI is InChI=1S/C20H20N2O2S/c1-15(16(2)25-20-21-13-6-14-22-20)23-18-9-11-19(12-10-18)24-17-7-4-3-5-8-17/h3-16H,1-2H3. The van der Waals surface area contributed by atoms with Crippen molar-refractivity contribution in [2.75, 3.05) is 0 Å². The zero-order valence-corrected chi connectivity index (χ0v) is 15.0. The molecule has 5 heteroatoms. The van der Waals surface area contributed by atoms with E-state index >= 15 is 0 Å². The Kier molecular flexibility index (Phi) is 5.90. The van der Waals surface area contributed by atoms with Crippen LogP contribution < -0.4 is 9.47 Å². The van der Waals surface area contributed by atoms with Crippen LogP contribution in [0.2, 0.25) is 0 Å². The van der Waals surface area contributed by atoms with Crippen molar-refractivity contribution in [2.45, 2.75) is 30.4 Å². The molecular formula is C20H20N2O2S. The van der Waals surface area contributed by atoms with Crippen molar-refractivity contribution in [1.82, 2.24) is 9.97 Å². The van der Waals surface area contributed by atoms with Gasteiger partial charge < -0.3 is 9.47 Å². The van der Waals surface area contributed by atoms with Gasteiger partial charge in [0.15, 0.2) is 5.16 Å². The van der Waals surface area contributed by atoms with Crippen LogP contribution in [0.25, 0.3) is 0 Å². The predicted octanol–water partition coefficient (Wildman–Crippen LogP) is 5.22. The molecule has 0 N–H and O–H groups in total. The van der Waals surface area contributed by atoms with Gasteiger partial charge in [-0.2, -0.15) is 0 Å². The fourth-order valence-corrected chi connectivity index (χ4v) is 2.95. The normalized spacial score (nSPS) is 13.0. The third-order valence-corrected chi connectivity index (χ3v) is 4.80. The Balaban J connectivity index is 1.55. The third kappa shape index (κ3) is 5.22. The molecule has 0 fully saturated rings. The van der Waals surface area contributed by atoms with Crippen LogP contribution in [-0.4, -0.2) is 21.3 Å². The fourth-order valence-electron chi connectivity index (χ4n) is 2.13. The summed E-state index contributed by atoms with van der Waals surface area (Å²) in [6, 6.07) is 19.2. The second-order valence-electron chi connectivity index (χ2n) is 5.56. The van der Waals surface area contributed by atoms with Crippen LogP contribution in [0.5, 0.6) is 17.2 Å². The van der Waals surface area contributed by atoms with Crippen molar-refractivity contribution >= 4 is 11.8 Å². The summed E-state index contributed by atoms with van der Waals surface area (Å²) in [5, 5.41) is 0.986. The maximum atomic E-state index is 6.02. The van der Waals surface area contributed by atoms with Crippen LogP contribution in [0.1, 0.15) is 13.8 Å². The minimum Gasteiger partial charge on any atom is -0.490 e. The summed E-state index contributed by atoms with van der Waals surface area (Å²) >= 11 is 1.60. The minimum atomic E-state index is 0.0229. The van der Waals surface area contributed by atoms with Gasteiger partial charge in [-0.1, -0.05) is 30.0 Å². The van der Waals surface area contributed by atoms with Gasteiger partial charge in [-0.05, 0) is 56.3 Å². The van der Waals surface area contributed by atoms with E-state index in [1.54, 1.807) is 24.2 Å². The summed E-state index contributed by atoms with van der Waals surface area (Å²) in [6.07, 6.45) is 3.52. The maximum Gasteiger partial charge on any atom is 0.187 e. The summed E-state index contributed by atoms with van der Waals surface area (Å²) in [6.45, 7) is 4.16. The van der Waals surface area contributed by atoms with Crippen LogP contribution in [0.4, 0.5) is 0 Å². The Bertz CT molecular complexity index is 767. The van der Waals surface area contributed by atoms with Crippen molar-refractivity contribution in [1.29, 1.82) is 0 Å². The fraction of sp³-hybridized carbons (Fsp3) is 0.200. The molecule has 1 aromatic heterocycles. The van der Waals surface area contributed by atoms with Gasteiger partial charge in [-0.15, -0.1) is 0 Å². The number of benzene rings is 2. The smallest absolute Gasteiger partial charge is 0.187 e. The molecule has 0 aliphatic carbocycles. The molecule has 3 rings (SSSR count). The summed E-state index contributed by atoms with van der Waals surface area (Å²) in [5.41, 5.74) is 0. The van der Waals surface area contributed by atoms with Gasteiger partial charge >= 0.3 is 0 Å². The molecule has 2 unspecified atom stereocenters. The van der Waals surface area contributed by atoms with E-state index < -0.39 is 0 Å². The second kappa shape index (κ2) is 8.53. The zero-order valence-electron chi connectivity index (χ0n) is 14.2. The van der Waals surface area contributed by atoms with Crippen molar-refractivity contribution in [3.63, 3.8) is 0 Å². The highest BCUT2D eigenvalue weighted by Gasteiger charge is 2.16. The maximum absolute atomic E-state index is 6.02. The minimum absolute atomic E-state index is 0.0229. The van der Waals surface area contributed by atoms with Crippen molar-refractivity contribution < 1.29 is 9.47 Å². The molecular weight excluding hydrogens is 332 g/mol. The molecule has 0 bridgehead atoms. The molecule has 2 aromatic carbocycles. The van der Waals surface area contributed by atoms with E-state index in [4.69, 9.17) is 9.47 Å². The monoisotopic (exact) mass is 352 g/mol. The van der Waals surface area contributed by atoms with Crippen LogP contribution in [-0.2, 0) is 0 Å². The Morgan fingerprint density at radius 3 is 2.04 bits per heavy atom. The predicted molar refractivity (Wildman–Crippen MR) is 100 cm³/mol. The summed E-state index contributed by atoms with van der Waals surface area (Å²) in [4.78, 5) is 8.48. The summed E-state index contributed by atoms with van der Waals surface area (Å²) < 4.78 is 11.8. The van der Waals surface area contributed by atoms with Gasteiger partial charge in [0.25, 0.3) is 0 Å². The first-order valence-electron chi connectivity index (χ1n) is 8.14. The van der Waals surface area contributed by atoms with Gasteiger partial charge in [-0.3, -0.25) is 0 Å². The van der Waals surface area contributed by atoms with Crippen LogP contribution in [0, 0.1) is 0 Å². The van der Waals surface area contributed by atoms with E-state index in [9.17, 15) is 0 Å². The van der Waals surface area contributed by atoms with Gasteiger partial charge in [0.1, 0.15) is 23.4 Å². The Hall–Kier alpha value is -2.53. The topological polar surface area (TPSA) is 44.2 Å². The van der Waals surface area contributed by atoms with Crippen LogP contribution >= 0.6 is 11.8 Å². The molecule has 0 saturated heterocycles. The van der Waals surface area contributed by atoms with E-state index in [-0.39, 0.29) is 11.4 Å². The Morgan fingerprint density at radius 1 is 0.760 bits per heavy atom. The van der Waals surface area contributed by atoms with E-state index in [1.165, 1.54) is 0 Å². The highest BCUT2D eigenvalue weighted by molar-refractivity contribution is 7.99. The highest BCUT2D eigenvalue weighted by Crippen LogP contribution is 2.27. The van der Waals surface area contributed by atoms with Gasteiger partial charge in [-0.25, -0.2) is 9.97 Å². The van der Waals surface area contributed by atoms with Crippen molar-refractivity contribution in [2.24, 2.45) is 0 Å². The first-order valence-corrected chi connectivity index (χ1v) is 9.02. The van der Waals surface area contributed by atoms with Crippen LogP contribution in [0.3, 0.4) is 0 Å². The van der Waals surface area contributed by atoms with E-state index in [0.29, 0.717) is 0 Å². The lowest BCUT2D eigenvalue weighted by Crippen LogP contribution is -2.23. The summed E-state index contributed by atoms with van der Waals surface area (Å²) in [5.74, 6) is 2.41. The molecule has 0 saturated carbocycles. The molecule has 0 amide bonds. The zero-order chi connectivity index (χ0) is 17.5. The summed E-state index contributed by atoms with van der Waals surface area (Å²) in [7, 11) is 0.